The number of anilines is 1. The molecule has 6 nitrogen and oxygen atoms in total. The zero-order valence-corrected chi connectivity index (χ0v) is 13.5. The van der Waals surface area contributed by atoms with E-state index in [1.54, 1.807) is 6.20 Å². The van der Waals surface area contributed by atoms with Crippen molar-refractivity contribution < 1.29 is 9.53 Å². The van der Waals surface area contributed by atoms with Crippen molar-refractivity contribution in [2.45, 2.75) is 25.4 Å². The number of aromatic nitrogens is 1. The summed E-state index contributed by atoms with van der Waals surface area (Å²) in [6.07, 6.45) is 4.58. The first-order valence-electron chi connectivity index (χ1n) is 7.86. The zero-order valence-electron chi connectivity index (χ0n) is 13.5. The number of hydrogen-bond donors (Lipinski definition) is 1. The van der Waals surface area contributed by atoms with Gasteiger partial charge in [0, 0.05) is 40.0 Å². The highest BCUT2D eigenvalue weighted by Gasteiger charge is 2.24. The summed E-state index contributed by atoms with van der Waals surface area (Å²) in [7, 11) is 3.86. The molecule has 0 bridgehead atoms. The number of rotatable bonds is 6. The van der Waals surface area contributed by atoms with Gasteiger partial charge in [-0.1, -0.05) is 0 Å². The van der Waals surface area contributed by atoms with E-state index >= 15 is 0 Å². The molecule has 1 amide bonds. The fourth-order valence-corrected chi connectivity index (χ4v) is 2.52. The van der Waals surface area contributed by atoms with Crippen LogP contribution < -0.4 is 10.6 Å². The van der Waals surface area contributed by atoms with Crippen molar-refractivity contribution in [3.05, 3.63) is 23.9 Å². The summed E-state index contributed by atoms with van der Waals surface area (Å²) in [6.45, 7) is 2.85. The van der Waals surface area contributed by atoms with Gasteiger partial charge < -0.3 is 20.3 Å². The number of piperidine rings is 1. The SMILES string of the molecule is CN(C)c1ccc(C(=O)N2CCC(OCCCN)CC2)cn1. The van der Waals surface area contributed by atoms with Crippen LogP contribution >= 0.6 is 0 Å². The molecular formula is C16H26N4O2. The summed E-state index contributed by atoms with van der Waals surface area (Å²) < 4.78 is 5.76. The third-order valence-corrected chi connectivity index (χ3v) is 3.88. The van der Waals surface area contributed by atoms with Gasteiger partial charge >= 0.3 is 0 Å². The molecule has 22 heavy (non-hydrogen) atoms. The first kappa shape index (κ1) is 16.7. The molecule has 0 aliphatic carbocycles. The summed E-state index contributed by atoms with van der Waals surface area (Å²) in [4.78, 5) is 20.6. The maximum atomic E-state index is 12.5. The minimum Gasteiger partial charge on any atom is -0.378 e. The Morgan fingerprint density at radius 2 is 2.14 bits per heavy atom. The lowest BCUT2D eigenvalue weighted by Gasteiger charge is -2.32. The van der Waals surface area contributed by atoms with Crippen molar-refractivity contribution in [2.75, 3.05) is 45.2 Å². The van der Waals surface area contributed by atoms with Gasteiger partial charge in [0.05, 0.1) is 11.7 Å². The standard InChI is InChI=1S/C16H26N4O2/c1-19(2)15-5-4-13(12-18-15)16(21)20-9-6-14(7-10-20)22-11-3-8-17/h4-5,12,14H,3,6-11,17H2,1-2H3. The van der Waals surface area contributed by atoms with Gasteiger partial charge in [-0.3, -0.25) is 4.79 Å². The van der Waals surface area contributed by atoms with Crippen molar-refractivity contribution in [1.82, 2.24) is 9.88 Å². The Bertz CT molecular complexity index is 468. The summed E-state index contributed by atoms with van der Waals surface area (Å²) in [5.74, 6) is 0.904. The van der Waals surface area contributed by atoms with Crippen LogP contribution in [0.15, 0.2) is 18.3 Å². The Morgan fingerprint density at radius 1 is 1.41 bits per heavy atom. The Balaban J connectivity index is 1.84. The van der Waals surface area contributed by atoms with Gasteiger partial charge in [-0.2, -0.15) is 0 Å². The Labute approximate surface area is 132 Å². The summed E-state index contributed by atoms with van der Waals surface area (Å²) in [5, 5.41) is 0. The van der Waals surface area contributed by atoms with Gasteiger partial charge in [-0.05, 0) is 37.9 Å². The number of nitrogens with zero attached hydrogens (tertiary/aromatic N) is 3. The second kappa shape index (κ2) is 8.10. The topological polar surface area (TPSA) is 71.7 Å². The molecule has 0 unspecified atom stereocenters. The predicted molar refractivity (Wildman–Crippen MR) is 87.1 cm³/mol. The second-order valence-corrected chi connectivity index (χ2v) is 5.80. The highest BCUT2D eigenvalue weighted by Crippen LogP contribution is 2.17. The fraction of sp³-hybridized carbons (Fsp3) is 0.625. The van der Waals surface area contributed by atoms with Crippen LogP contribution in [0.5, 0.6) is 0 Å². The number of ether oxygens (including phenoxy) is 1. The van der Waals surface area contributed by atoms with Gasteiger partial charge in [0.25, 0.3) is 5.91 Å². The highest BCUT2D eigenvalue weighted by atomic mass is 16.5. The maximum absolute atomic E-state index is 12.5. The monoisotopic (exact) mass is 306 g/mol. The molecular weight excluding hydrogens is 280 g/mol. The largest absolute Gasteiger partial charge is 0.378 e. The molecule has 0 saturated carbocycles. The van der Waals surface area contributed by atoms with Crippen LogP contribution in [0.3, 0.4) is 0 Å². The zero-order chi connectivity index (χ0) is 15.9. The van der Waals surface area contributed by atoms with Gasteiger partial charge in [0.2, 0.25) is 0 Å². The molecule has 1 saturated heterocycles. The van der Waals surface area contributed by atoms with E-state index < -0.39 is 0 Å². The summed E-state index contributed by atoms with van der Waals surface area (Å²) in [6, 6.07) is 3.71. The van der Waals surface area contributed by atoms with E-state index in [2.05, 4.69) is 4.98 Å². The first-order valence-corrected chi connectivity index (χ1v) is 7.86. The molecule has 1 aliphatic heterocycles. The van der Waals surface area contributed by atoms with Crippen molar-refractivity contribution in [2.24, 2.45) is 5.73 Å². The van der Waals surface area contributed by atoms with Crippen molar-refractivity contribution in [3.8, 4) is 0 Å². The van der Waals surface area contributed by atoms with Crippen LogP contribution in [0.25, 0.3) is 0 Å². The average Bonchev–Trinajstić information content (AvgIpc) is 2.55. The maximum Gasteiger partial charge on any atom is 0.255 e. The lowest BCUT2D eigenvalue weighted by molar-refractivity contribution is 0.00844. The molecule has 2 N–H and O–H groups in total. The molecule has 2 rings (SSSR count). The van der Waals surface area contributed by atoms with E-state index in [0.29, 0.717) is 18.7 Å². The Morgan fingerprint density at radius 3 is 2.68 bits per heavy atom. The quantitative estimate of drug-likeness (QED) is 0.797. The molecule has 0 atom stereocenters. The average molecular weight is 306 g/mol. The normalized spacial score (nSPS) is 15.9. The van der Waals surface area contributed by atoms with E-state index in [1.807, 2.05) is 36.0 Å². The van der Waals surface area contributed by atoms with Crippen LogP contribution in [0, 0.1) is 0 Å². The van der Waals surface area contributed by atoms with Crippen molar-refractivity contribution in [1.29, 1.82) is 0 Å². The van der Waals surface area contributed by atoms with Gasteiger partial charge in [0.15, 0.2) is 0 Å². The molecule has 1 aliphatic rings. The molecule has 0 spiro atoms. The smallest absolute Gasteiger partial charge is 0.255 e. The molecule has 6 heteroatoms. The van der Waals surface area contributed by atoms with Crippen LogP contribution in [0.4, 0.5) is 5.82 Å². The predicted octanol–water partition coefficient (Wildman–Crippen LogP) is 1.12. The minimum absolute atomic E-state index is 0.0539. The van der Waals surface area contributed by atoms with Gasteiger partial charge in [-0.25, -0.2) is 4.98 Å². The number of carbonyl (C=O) groups is 1. The molecule has 1 aromatic rings. The molecule has 122 valence electrons. The van der Waals surface area contributed by atoms with E-state index in [4.69, 9.17) is 10.5 Å². The van der Waals surface area contributed by atoms with Crippen LogP contribution in [0.2, 0.25) is 0 Å². The molecule has 2 heterocycles. The first-order chi connectivity index (χ1) is 10.6. The number of hydrogen-bond acceptors (Lipinski definition) is 5. The summed E-state index contributed by atoms with van der Waals surface area (Å²) in [5.41, 5.74) is 6.10. The number of nitrogens with two attached hydrogens (primary N) is 1. The van der Waals surface area contributed by atoms with Crippen LogP contribution in [-0.4, -0.2) is 62.2 Å². The number of amides is 1. The third-order valence-electron chi connectivity index (χ3n) is 3.88. The highest BCUT2D eigenvalue weighted by molar-refractivity contribution is 5.94. The lowest BCUT2D eigenvalue weighted by atomic mass is 10.1. The Kier molecular flexibility index (Phi) is 6.15. The number of likely N-dealkylation sites (tertiary alicyclic amines) is 1. The van der Waals surface area contributed by atoms with Crippen molar-refractivity contribution >= 4 is 11.7 Å². The van der Waals surface area contributed by atoms with E-state index in [9.17, 15) is 4.79 Å². The van der Waals surface area contributed by atoms with E-state index in [-0.39, 0.29) is 12.0 Å². The van der Waals surface area contributed by atoms with Gasteiger partial charge in [0.1, 0.15) is 5.82 Å². The molecule has 1 fully saturated rings. The fourth-order valence-electron chi connectivity index (χ4n) is 2.52. The van der Waals surface area contributed by atoms with E-state index in [0.717, 1.165) is 38.2 Å². The molecule has 0 radical (unpaired) electrons. The minimum atomic E-state index is 0.0539. The van der Waals surface area contributed by atoms with E-state index in [1.165, 1.54) is 0 Å². The molecule has 1 aromatic heterocycles. The van der Waals surface area contributed by atoms with Crippen LogP contribution in [-0.2, 0) is 4.74 Å². The number of carbonyl (C=O) groups excluding carboxylic acids is 1. The summed E-state index contributed by atoms with van der Waals surface area (Å²) >= 11 is 0. The Hall–Kier alpha value is -1.66. The van der Waals surface area contributed by atoms with Crippen molar-refractivity contribution in [3.63, 3.8) is 0 Å². The van der Waals surface area contributed by atoms with Gasteiger partial charge in [-0.15, -0.1) is 0 Å². The van der Waals surface area contributed by atoms with Crippen LogP contribution in [0.1, 0.15) is 29.6 Å². The second-order valence-electron chi connectivity index (χ2n) is 5.80. The third kappa shape index (κ3) is 4.42. The lowest BCUT2D eigenvalue weighted by Crippen LogP contribution is -2.41. The number of pyridine rings is 1. The molecule has 0 aromatic carbocycles.